The first kappa shape index (κ1) is 15.4. The molecule has 0 heterocycles. The SMILES string of the molecule is CCCNC(=O)CNCc1ccc(Cl)c([N+](=O)[O-])c1. The maximum absolute atomic E-state index is 11.3. The quantitative estimate of drug-likeness (QED) is 0.591. The van der Waals surface area contributed by atoms with Gasteiger partial charge < -0.3 is 10.6 Å². The van der Waals surface area contributed by atoms with E-state index in [0.29, 0.717) is 18.7 Å². The van der Waals surface area contributed by atoms with E-state index in [4.69, 9.17) is 11.6 Å². The summed E-state index contributed by atoms with van der Waals surface area (Å²) in [5, 5.41) is 16.5. The lowest BCUT2D eigenvalue weighted by atomic mass is 10.2. The molecule has 0 saturated heterocycles. The van der Waals surface area contributed by atoms with Crippen LogP contribution >= 0.6 is 11.6 Å². The molecule has 1 aromatic rings. The summed E-state index contributed by atoms with van der Waals surface area (Å²) in [5.41, 5.74) is 0.579. The zero-order valence-electron chi connectivity index (χ0n) is 10.6. The Hall–Kier alpha value is -1.66. The van der Waals surface area contributed by atoms with Crippen LogP contribution in [0.4, 0.5) is 5.69 Å². The molecule has 0 fully saturated rings. The number of hydrogen-bond donors (Lipinski definition) is 2. The second-order valence-corrected chi connectivity index (χ2v) is 4.40. The Morgan fingerprint density at radius 3 is 2.84 bits per heavy atom. The number of nitro groups is 1. The molecule has 0 unspecified atom stereocenters. The van der Waals surface area contributed by atoms with E-state index < -0.39 is 4.92 Å². The highest BCUT2D eigenvalue weighted by molar-refractivity contribution is 6.32. The molecular formula is C12H16ClN3O3. The molecule has 0 aliphatic heterocycles. The second kappa shape index (κ2) is 7.70. The Bertz CT molecular complexity index is 466. The van der Waals surface area contributed by atoms with Crippen molar-refractivity contribution in [3.8, 4) is 0 Å². The number of amides is 1. The highest BCUT2D eigenvalue weighted by Gasteiger charge is 2.12. The Kier molecular flexibility index (Phi) is 6.24. The molecule has 1 amide bonds. The van der Waals surface area contributed by atoms with E-state index in [9.17, 15) is 14.9 Å². The van der Waals surface area contributed by atoms with E-state index in [-0.39, 0.29) is 23.2 Å². The van der Waals surface area contributed by atoms with Gasteiger partial charge in [0.1, 0.15) is 5.02 Å². The van der Waals surface area contributed by atoms with Crippen LogP contribution in [0, 0.1) is 10.1 Å². The van der Waals surface area contributed by atoms with Gasteiger partial charge in [-0.15, -0.1) is 0 Å². The number of nitro benzene ring substituents is 1. The van der Waals surface area contributed by atoms with Crippen molar-refractivity contribution in [3.63, 3.8) is 0 Å². The molecule has 0 aliphatic rings. The smallest absolute Gasteiger partial charge is 0.288 e. The fourth-order valence-electron chi connectivity index (χ4n) is 1.46. The summed E-state index contributed by atoms with van der Waals surface area (Å²) in [7, 11) is 0. The number of hydrogen-bond acceptors (Lipinski definition) is 4. The van der Waals surface area contributed by atoms with E-state index >= 15 is 0 Å². The average molecular weight is 286 g/mol. The molecule has 2 N–H and O–H groups in total. The van der Waals surface area contributed by atoms with Crippen LogP contribution in [-0.2, 0) is 11.3 Å². The lowest BCUT2D eigenvalue weighted by Crippen LogP contribution is -2.33. The van der Waals surface area contributed by atoms with Crippen molar-refractivity contribution in [1.82, 2.24) is 10.6 Å². The number of carbonyl (C=O) groups excluding carboxylic acids is 1. The van der Waals surface area contributed by atoms with Gasteiger partial charge in [0, 0.05) is 19.2 Å². The normalized spacial score (nSPS) is 10.2. The number of nitrogens with one attached hydrogen (secondary N) is 2. The minimum Gasteiger partial charge on any atom is -0.355 e. The summed E-state index contributed by atoms with van der Waals surface area (Å²) >= 11 is 5.71. The fourth-order valence-corrected chi connectivity index (χ4v) is 1.64. The highest BCUT2D eigenvalue weighted by atomic mass is 35.5. The fraction of sp³-hybridized carbons (Fsp3) is 0.417. The van der Waals surface area contributed by atoms with Gasteiger partial charge in [-0.1, -0.05) is 24.6 Å². The molecule has 0 spiro atoms. The second-order valence-electron chi connectivity index (χ2n) is 4.00. The van der Waals surface area contributed by atoms with Crippen LogP contribution in [0.25, 0.3) is 0 Å². The van der Waals surface area contributed by atoms with Crippen molar-refractivity contribution in [2.24, 2.45) is 0 Å². The zero-order valence-corrected chi connectivity index (χ0v) is 11.4. The topological polar surface area (TPSA) is 84.3 Å². The van der Waals surface area contributed by atoms with Gasteiger partial charge in [-0.2, -0.15) is 0 Å². The average Bonchev–Trinajstić information content (AvgIpc) is 2.38. The minimum absolute atomic E-state index is 0.0923. The van der Waals surface area contributed by atoms with Gasteiger partial charge in [-0.25, -0.2) is 0 Å². The summed E-state index contributed by atoms with van der Waals surface area (Å²) in [6.07, 6.45) is 0.884. The molecule has 7 heteroatoms. The van der Waals surface area contributed by atoms with E-state index in [1.165, 1.54) is 12.1 Å². The van der Waals surface area contributed by atoms with Crippen molar-refractivity contribution < 1.29 is 9.72 Å². The van der Waals surface area contributed by atoms with Crippen LogP contribution in [0.3, 0.4) is 0 Å². The maximum atomic E-state index is 11.3. The molecule has 0 aliphatic carbocycles. The molecule has 1 aromatic carbocycles. The van der Waals surface area contributed by atoms with Crippen LogP contribution in [0.5, 0.6) is 0 Å². The number of halogens is 1. The summed E-state index contributed by atoms with van der Waals surface area (Å²) in [4.78, 5) is 21.5. The Morgan fingerprint density at radius 2 is 2.21 bits per heavy atom. The number of rotatable bonds is 7. The van der Waals surface area contributed by atoms with Gasteiger partial charge in [-0.05, 0) is 18.1 Å². The van der Waals surface area contributed by atoms with Crippen LogP contribution < -0.4 is 10.6 Å². The van der Waals surface area contributed by atoms with Gasteiger partial charge in [0.05, 0.1) is 11.5 Å². The summed E-state index contributed by atoms with van der Waals surface area (Å²) in [6, 6.07) is 4.57. The summed E-state index contributed by atoms with van der Waals surface area (Å²) in [5.74, 6) is -0.0923. The van der Waals surface area contributed by atoms with E-state index in [1.54, 1.807) is 6.07 Å². The monoisotopic (exact) mass is 285 g/mol. The molecule has 0 atom stereocenters. The van der Waals surface area contributed by atoms with Gasteiger partial charge in [-0.3, -0.25) is 14.9 Å². The van der Waals surface area contributed by atoms with Crippen molar-refractivity contribution in [2.45, 2.75) is 19.9 Å². The van der Waals surface area contributed by atoms with Crippen molar-refractivity contribution in [2.75, 3.05) is 13.1 Å². The predicted molar refractivity (Wildman–Crippen MR) is 73.1 cm³/mol. The van der Waals surface area contributed by atoms with Gasteiger partial charge in [0.15, 0.2) is 0 Å². The van der Waals surface area contributed by atoms with Crippen LogP contribution in [0.15, 0.2) is 18.2 Å². The molecule has 0 saturated carbocycles. The van der Waals surface area contributed by atoms with E-state index in [2.05, 4.69) is 10.6 Å². The maximum Gasteiger partial charge on any atom is 0.288 e. The number of benzene rings is 1. The molecule has 104 valence electrons. The Balaban J connectivity index is 2.48. The third-order valence-electron chi connectivity index (χ3n) is 2.39. The van der Waals surface area contributed by atoms with Gasteiger partial charge in [0.25, 0.3) is 5.69 Å². The third-order valence-corrected chi connectivity index (χ3v) is 2.71. The first-order valence-corrected chi connectivity index (χ1v) is 6.32. The van der Waals surface area contributed by atoms with Crippen LogP contribution in [0.2, 0.25) is 5.02 Å². The molecule has 0 aromatic heterocycles. The lowest BCUT2D eigenvalue weighted by Gasteiger charge is -2.06. The van der Waals surface area contributed by atoms with Crippen molar-refractivity contribution in [1.29, 1.82) is 0 Å². The Labute approximate surface area is 116 Å². The standard InChI is InChI=1S/C12H16ClN3O3/c1-2-5-15-12(17)8-14-7-9-3-4-10(13)11(6-9)16(18)19/h3-4,6,14H,2,5,7-8H2,1H3,(H,15,17). The van der Waals surface area contributed by atoms with Gasteiger partial charge >= 0.3 is 0 Å². The molecule has 0 radical (unpaired) electrons. The molecule has 19 heavy (non-hydrogen) atoms. The lowest BCUT2D eigenvalue weighted by molar-refractivity contribution is -0.384. The van der Waals surface area contributed by atoms with E-state index in [1.807, 2.05) is 6.92 Å². The number of nitrogens with zero attached hydrogens (tertiary/aromatic N) is 1. The van der Waals surface area contributed by atoms with Gasteiger partial charge in [0.2, 0.25) is 5.91 Å². The molecular weight excluding hydrogens is 270 g/mol. The first-order chi connectivity index (χ1) is 9.04. The first-order valence-electron chi connectivity index (χ1n) is 5.94. The minimum atomic E-state index is -0.528. The van der Waals surface area contributed by atoms with Crippen molar-refractivity contribution in [3.05, 3.63) is 38.9 Å². The summed E-state index contributed by atoms with van der Waals surface area (Å²) < 4.78 is 0. The largest absolute Gasteiger partial charge is 0.355 e. The molecule has 6 nitrogen and oxygen atoms in total. The number of carbonyl (C=O) groups is 1. The van der Waals surface area contributed by atoms with Crippen LogP contribution in [0.1, 0.15) is 18.9 Å². The third kappa shape index (κ3) is 5.23. The highest BCUT2D eigenvalue weighted by Crippen LogP contribution is 2.24. The van der Waals surface area contributed by atoms with E-state index in [0.717, 1.165) is 6.42 Å². The molecule has 0 bridgehead atoms. The van der Waals surface area contributed by atoms with Crippen LogP contribution in [-0.4, -0.2) is 23.9 Å². The zero-order chi connectivity index (χ0) is 14.3. The Morgan fingerprint density at radius 1 is 1.47 bits per heavy atom. The van der Waals surface area contributed by atoms with Crippen molar-refractivity contribution >= 4 is 23.2 Å². The predicted octanol–water partition coefficient (Wildman–Crippen LogP) is 1.86. The summed E-state index contributed by atoms with van der Waals surface area (Å²) in [6.45, 7) is 3.17. The molecule has 1 rings (SSSR count).